The number of nitrogens with zero attached hydrogens (tertiary/aromatic N) is 1. The molecular formula is C15H18FNO4. The Balaban J connectivity index is 2.03. The summed E-state index contributed by atoms with van der Waals surface area (Å²) in [5.41, 5.74) is -0.158. The number of aromatic carboxylic acids is 1. The highest BCUT2D eigenvalue weighted by Gasteiger charge is 2.24. The molecule has 1 aliphatic heterocycles. The summed E-state index contributed by atoms with van der Waals surface area (Å²) in [6.45, 7) is 2.97. The van der Waals surface area contributed by atoms with Gasteiger partial charge < -0.3 is 14.7 Å². The lowest BCUT2D eigenvalue weighted by Crippen LogP contribution is -2.43. The van der Waals surface area contributed by atoms with Crippen molar-refractivity contribution in [3.05, 3.63) is 29.6 Å². The van der Waals surface area contributed by atoms with Crippen molar-refractivity contribution in [2.45, 2.75) is 32.3 Å². The molecule has 1 heterocycles. The van der Waals surface area contributed by atoms with E-state index < -0.39 is 17.9 Å². The zero-order valence-corrected chi connectivity index (χ0v) is 11.8. The maximum atomic E-state index is 13.8. The Morgan fingerprint density at radius 3 is 2.52 bits per heavy atom. The van der Waals surface area contributed by atoms with E-state index in [1.807, 2.05) is 0 Å². The first kappa shape index (κ1) is 15.3. The third kappa shape index (κ3) is 3.71. The molecule has 1 N–H and O–H groups in total. The zero-order valence-electron chi connectivity index (χ0n) is 11.8. The number of carboxylic acid groups (broad SMARTS) is 1. The monoisotopic (exact) mass is 295 g/mol. The number of hydrogen-bond acceptors (Lipinski definition) is 3. The molecule has 0 radical (unpaired) electrons. The summed E-state index contributed by atoms with van der Waals surface area (Å²) in [6, 6.07) is 3.37. The highest BCUT2D eigenvalue weighted by atomic mass is 19.1. The standard InChI is InChI=1S/C15H18FNO4/c1-10(14(18)17-7-3-2-4-8-17)21-13-6-5-11(15(19)20)9-12(13)16/h5-6,9-10H,2-4,7-8H2,1H3,(H,19,20). The van der Waals surface area contributed by atoms with E-state index in [0.717, 1.165) is 25.3 Å². The fourth-order valence-electron chi connectivity index (χ4n) is 2.34. The number of hydrogen-bond donors (Lipinski definition) is 1. The number of carboxylic acids is 1. The number of likely N-dealkylation sites (tertiary alicyclic amines) is 1. The van der Waals surface area contributed by atoms with Gasteiger partial charge in [0.25, 0.3) is 5.91 Å². The first-order chi connectivity index (χ1) is 9.99. The van der Waals surface area contributed by atoms with Crippen molar-refractivity contribution in [1.29, 1.82) is 0 Å². The van der Waals surface area contributed by atoms with Crippen molar-refractivity contribution in [3.63, 3.8) is 0 Å². The van der Waals surface area contributed by atoms with Crippen molar-refractivity contribution in [2.75, 3.05) is 13.1 Å². The number of carbonyl (C=O) groups is 2. The number of amides is 1. The van der Waals surface area contributed by atoms with Gasteiger partial charge in [-0.25, -0.2) is 9.18 Å². The normalized spacial score (nSPS) is 16.4. The van der Waals surface area contributed by atoms with Crippen LogP contribution in [0.2, 0.25) is 0 Å². The largest absolute Gasteiger partial charge is 0.478 e. The molecule has 1 aromatic rings. The lowest BCUT2D eigenvalue weighted by molar-refractivity contribution is -0.138. The van der Waals surface area contributed by atoms with Gasteiger partial charge in [-0.3, -0.25) is 4.79 Å². The molecule has 0 aliphatic carbocycles. The quantitative estimate of drug-likeness (QED) is 0.925. The van der Waals surface area contributed by atoms with Crippen molar-refractivity contribution in [1.82, 2.24) is 4.90 Å². The molecule has 6 heteroatoms. The van der Waals surface area contributed by atoms with Crippen LogP contribution in [0.3, 0.4) is 0 Å². The van der Waals surface area contributed by atoms with Crippen LogP contribution < -0.4 is 4.74 Å². The van der Waals surface area contributed by atoms with Crippen molar-refractivity contribution in [3.8, 4) is 5.75 Å². The smallest absolute Gasteiger partial charge is 0.335 e. The fourth-order valence-corrected chi connectivity index (χ4v) is 2.34. The van der Waals surface area contributed by atoms with Crippen LogP contribution in [0.15, 0.2) is 18.2 Å². The Morgan fingerprint density at radius 1 is 1.29 bits per heavy atom. The minimum Gasteiger partial charge on any atom is -0.478 e. The van der Waals surface area contributed by atoms with Crippen LogP contribution >= 0.6 is 0 Å². The van der Waals surface area contributed by atoms with E-state index in [1.165, 1.54) is 12.1 Å². The molecule has 0 bridgehead atoms. The predicted octanol–water partition coefficient (Wildman–Crippen LogP) is 2.30. The van der Waals surface area contributed by atoms with Crippen LogP contribution in [0.1, 0.15) is 36.5 Å². The SMILES string of the molecule is CC(Oc1ccc(C(=O)O)cc1F)C(=O)N1CCCCC1. The molecule has 1 amide bonds. The van der Waals surface area contributed by atoms with Crippen LogP contribution in [0, 0.1) is 5.82 Å². The van der Waals surface area contributed by atoms with Gasteiger partial charge in [-0.15, -0.1) is 0 Å². The molecule has 1 aromatic carbocycles. The molecule has 1 atom stereocenters. The molecule has 0 spiro atoms. The summed E-state index contributed by atoms with van der Waals surface area (Å²) in [5.74, 6) is -2.28. The van der Waals surface area contributed by atoms with Gasteiger partial charge in [-0.2, -0.15) is 0 Å². The van der Waals surface area contributed by atoms with Crippen LogP contribution in [-0.4, -0.2) is 41.1 Å². The number of ether oxygens (including phenoxy) is 1. The van der Waals surface area contributed by atoms with Gasteiger partial charge in [0.05, 0.1) is 5.56 Å². The number of benzene rings is 1. The molecule has 114 valence electrons. The summed E-state index contributed by atoms with van der Waals surface area (Å²) < 4.78 is 19.1. The Morgan fingerprint density at radius 2 is 1.95 bits per heavy atom. The molecule has 1 fully saturated rings. The molecular weight excluding hydrogens is 277 g/mol. The third-order valence-electron chi connectivity index (χ3n) is 3.50. The molecule has 2 rings (SSSR count). The Bertz CT molecular complexity index is 540. The summed E-state index contributed by atoms with van der Waals surface area (Å²) in [4.78, 5) is 24.6. The maximum absolute atomic E-state index is 13.8. The van der Waals surface area contributed by atoms with Gasteiger partial charge in [0.2, 0.25) is 0 Å². The second kappa shape index (κ2) is 6.56. The summed E-state index contributed by atoms with van der Waals surface area (Å²) in [5, 5.41) is 8.77. The van der Waals surface area contributed by atoms with E-state index in [9.17, 15) is 14.0 Å². The third-order valence-corrected chi connectivity index (χ3v) is 3.50. The summed E-state index contributed by atoms with van der Waals surface area (Å²) in [7, 11) is 0. The van der Waals surface area contributed by atoms with Gasteiger partial charge in [0.15, 0.2) is 17.7 Å². The number of rotatable bonds is 4. The highest BCUT2D eigenvalue weighted by Crippen LogP contribution is 2.21. The Hall–Kier alpha value is -2.11. The van der Waals surface area contributed by atoms with Gasteiger partial charge in [-0.05, 0) is 44.4 Å². The molecule has 21 heavy (non-hydrogen) atoms. The molecule has 0 saturated carbocycles. The second-order valence-electron chi connectivity index (χ2n) is 5.10. The summed E-state index contributed by atoms with van der Waals surface area (Å²) >= 11 is 0. The van der Waals surface area contributed by atoms with Gasteiger partial charge in [0.1, 0.15) is 0 Å². The average molecular weight is 295 g/mol. The molecule has 1 unspecified atom stereocenters. The minimum atomic E-state index is -1.21. The van der Waals surface area contributed by atoms with Crippen LogP contribution in [-0.2, 0) is 4.79 Å². The van der Waals surface area contributed by atoms with Gasteiger partial charge >= 0.3 is 5.97 Å². The van der Waals surface area contributed by atoms with Crippen molar-refractivity contribution < 1.29 is 23.8 Å². The van der Waals surface area contributed by atoms with Crippen LogP contribution in [0.25, 0.3) is 0 Å². The number of carbonyl (C=O) groups excluding carboxylic acids is 1. The predicted molar refractivity (Wildman–Crippen MR) is 73.9 cm³/mol. The van der Waals surface area contributed by atoms with Crippen LogP contribution in [0.5, 0.6) is 5.75 Å². The summed E-state index contributed by atoms with van der Waals surface area (Å²) in [6.07, 6.45) is 2.26. The van der Waals surface area contributed by atoms with Gasteiger partial charge in [0, 0.05) is 13.1 Å². The van der Waals surface area contributed by atoms with E-state index in [2.05, 4.69) is 0 Å². The topological polar surface area (TPSA) is 66.8 Å². The second-order valence-corrected chi connectivity index (χ2v) is 5.10. The highest BCUT2D eigenvalue weighted by molar-refractivity contribution is 5.87. The van der Waals surface area contributed by atoms with E-state index in [1.54, 1.807) is 11.8 Å². The molecule has 1 saturated heterocycles. The maximum Gasteiger partial charge on any atom is 0.335 e. The van der Waals surface area contributed by atoms with E-state index in [-0.39, 0.29) is 17.2 Å². The van der Waals surface area contributed by atoms with E-state index >= 15 is 0 Å². The first-order valence-electron chi connectivity index (χ1n) is 6.97. The molecule has 5 nitrogen and oxygen atoms in total. The lowest BCUT2D eigenvalue weighted by Gasteiger charge is -2.29. The van der Waals surface area contributed by atoms with Gasteiger partial charge in [-0.1, -0.05) is 0 Å². The molecule has 1 aliphatic rings. The Labute approximate surface area is 122 Å². The average Bonchev–Trinajstić information content (AvgIpc) is 2.49. The van der Waals surface area contributed by atoms with Crippen LogP contribution in [0.4, 0.5) is 4.39 Å². The number of halogens is 1. The van der Waals surface area contributed by atoms with Crippen molar-refractivity contribution >= 4 is 11.9 Å². The van der Waals surface area contributed by atoms with E-state index in [4.69, 9.17) is 9.84 Å². The zero-order chi connectivity index (χ0) is 15.4. The van der Waals surface area contributed by atoms with Crippen molar-refractivity contribution in [2.24, 2.45) is 0 Å². The molecule has 0 aromatic heterocycles. The van der Waals surface area contributed by atoms with E-state index in [0.29, 0.717) is 13.1 Å². The minimum absolute atomic E-state index is 0.113. The Kier molecular flexibility index (Phi) is 4.77. The number of piperidine rings is 1. The first-order valence-corrected chi connectivity index (χ1v) is 6.97. The fraction of sp³-hybridized carbons (Fsp3) is 0.467. The lowest BCUT2D eigenvalue weighted by atomic mass is 10.1.